The second-order valence-electron chi connectivity index (χ2n) is 7.21. The zero-order valence-electron chi connectivity index (χ0n) is 14.0. The van der Waals surface area contributed by atoms with E-state index in [2.05, 4.69) is 5.32 Å². The number of likely N-dealkylation sites (tertiary alicyclic amines) is 1. The lowest BCUT2D eigenvalue weighted by Crippen LogP contribution is -2.55. The van der Waals surface area contributed by atoms with Crippen LogP contribution in [0.25, 0.3) is 0 Å². The normalized spacial score (nSPS) is 24.6. The minimum Gasteiger partial charge on any atom is -0.393 e. The van der Waals surface area contributed by atoms with Crippen molar-refractivity contribution in [2.75, 3.05) is 13.1 Å². The van der Waals surface area contributed by atoms with Crippen LogP contribution < -0.4 is 5.32 Å². The molecule has 0 aliphatic carbocycles. The quantitative estimate of drug-likeness (QED) is 0.827. The number of carbonyl (C=O) groups is 2. The SMILES string of the molecule is CCCC(=O)N1CC(NC(=O)C(C)(C)C)CC(C(C)O)C1. The number of aliphatic hydroxyl groups is 1. The summed E-state index contributed by atoms with van der Waals surface area (Å²) in [5, 5.41) is 12.9. The number of carbonyl (C=O) groups excluding carboxylic acids is 2. The molecule has 0 aromatic carbocycles. The molecule has 1 saturated heterocycles. The van der Waals surface area contributed by atoms with Crippen molar-refractivity contribution >= 4 is 11.8 Å². The van der Waals surface area contributed by atoms with E-state index < -0.39 is 11.5 Å². The summed E-state index contributed by atoms with van der Waals surface area (Å²) in [6, 6.07) is -0.0779. The van der Waals surface area contributed by atoms with Crippen LogP contribution in [-0.4, -0.2) is 47.1 Å². The molecule has 2 N–H and O–H groups in total. The van der Waals surface area contributed by atoms with Gasteiger partial charge in [-0.15, -0.1) is 0 Å². The molecule has 1 aliphatic rings. The van der Waals surface area contributed by atoms with Crippen molar-refractivity contribution < 1.29 is 14.7 Å². The fraction of sp³-hybridized carbons (Fsp3) is 0.875. The second-order valence-corrected chi connectivity index (χ2v) is 7.21. The zero-order valence-corrected chi connectivity index (χ0v) is 14.0. The molecule has 0 aromatic rings. The van der Waals surface area contributed by atoms with Gasteiger partial charge >= 0.3 is 0 Å². The number of nitrogens with one attached hydrogen (secondary N) is 1. The summed E-state index contributed by atoms with van der Waals surface area (Å²) in [6.45, 7) is 10.5. The van der Waals surface area contributed by atoms with Crippen molar-refractivity contribution in [3.05, 3.63) is 0 Å². The van der Waals surface area contributed by atoms with Gasteiger partial charge in [0.25, 0.3) is 0 Å². The van der Waals surface area contributed by atoms with Crippen molar-refractivity contribution in [1.82, 2.24) is 10.2 Å². The van der Waals surface area contributed by atoms with Crippen molar-refractivity contribution in [2.24, 2.45) is 11.3 Å². The van der Waals surface area contributed by atoms with E-state index in [1.165, 1.54) is 0 Å². The van der Waals surface area contributed by atoms with Gasteiger partial charge in [0, 0.05) is 36.9 Å². The van der Waals surface area contributed by atoms with Crippen molar-refractivity contribution in [3.63, 3.8) is 0 Å². The zero-order chi connectivity index (χ0) is 16.2. The monoisotopic (exact) mass is 298 g/mol. The van der Waals surface area contributed by atoms with Gasteiger partial charge in [-0.25, -0.2) is 0 Å². The molecule has 1 aliphatic heterocycles. The molecule has 5 heteroatoms. The maximum Gasteiger partial charge on any atom is 0.225 e. The van der Waals surface area contributed by atoms with Crippen LogP contribution in [-0.2, 0) is 9.59 Å². The van der Waals surface area contributed by atoms with Crippen molar-refractivity contribution in [2.45, 2.75) is 66.0 Å². The average molecular weight is 298 g/mol. The maximum atomic E-state index is 12.1. The lowest BCUT2D eigenvalue weighted by Gasteiger charge is -2.40. The standard InChI is InChI=1S/C16H30N2O3/c1-6-7-14(20)18-9-12(11(2)19)8-13(10-18)17-15(21)16(3,4)5/h11-13,19H,6-10H2,1-5H3,(H,17,21). The smallest absolute Gasteiger partial charge is 0.225 e. The van der Waals surface area contributed by atoms with Gasteiger partial charge in [-0.3, -0.25) is 9.59 Å². The van der Waals surface area contributed by atoms with Gasteiger partial charge in [0.15, 0.2) is 0 Å². The van der Waals surface area contributed by atoms with Crippen LogP contribution in [0, 0.1) is 11.3 Å². The molecular formula is C16H30N2O3. The summed E-state index contributed by atoms with van der Waals surface area (Å²) in [4.78, 5) is 26.1. The number of rotatable bonds is 4. The first-order chi connectivity index (χ1) is 9.65. The number of hydrogen-bond acceptors (Lipinski definition) is 3. The van der Waals surface area contributed by atoms with E-state index in [4.69, 9.17) is 0 Å². The topological polar surface area (TPSA) is 69.6 Å². The van der Waals surface area contributed by atoms with E-state index in [1.807, 2.05) is 27.7 Å². The number of amides is 2. The molecule has 1 fully saturated rings. The first-order valence-electron chi connectivity index (χ1n) is 7.92. The highest BCUT2D eigenvalue weighted by Gasteiger charge is 2.34. The first kappa shape index (κ1) is 18.0. The lowest BCUT2D eigenvalue weighted by atomic mass is 9.88. The second kappa shape index (κ2) is 7.25. The molecule has 0 spiro atoms. The minimum absolute atomic E-state index is 0.0124. The van der Waals surface area contributed by atoms with E-state index in [1.54, 1.807) is 11.8 Å². The Morgan fingerprint density at radius 2 is 1.95 bits per heavy atom. The lowest BCUT2D eigenvalue weighted by molar-refractivity contribution is -0.137. The summed E-state index contributed by atoms with van der Waals surface area (Å²) in [5.41, 5.74) is -0.448. The van der Waals surface area contributed by atoms with Gasteiger partial charge in [-0.1, -0.05) is 27.7 Å². The van der Waals surface area contributed by atoms with Crippen LogP contribution in [0.5, 0.6) is 0 Å². The fourth-order valence-electron chi connectivity index (χ4n) is 2.57. The van der Waals surface area contributed by atoms with Crippen LogP contribution in [0.3, 0.4) is 0 Å². The van der Waals surface area contributed by atoms with Crippen LogP contribution in [0.15, 0.2) is 0 Å². The predicted molar refractivity (Wildman–Crippen MR) is 82.7 cm³/mol. The van der Waals surface area contributed by atoms with Crippen molar-refractivity contribution in [1.29, 1.82) is 0 Å². The van der Waals surface area contributed by atoms with Crippen LogP contribution in [0.2, 0.25) is 0 Å². The highest BCUT2D eigenvalue weighted by molar-refractivity contribution is 5.82. The average Bonchev–Trinajstić information content (AvgIpc) is 2.37. The Balaban J connectivity index is 2.75. The van der Waals surface area contributed by atoms with E-state index in [0.29, 0.717) is 19.5 Å². The predicted octanol–water partition coefficient (Wildman–Crippen LogP) is 1.55. The summed E-state index contributed by atoms with van der Waals surface area (Å²) >= 11 is 0. The minimum atomic E-state index is -0.476. The van der Waals surface area contributed by atoms with E-state index in [-0.39, 0.29) is 23.8 Å². The first-order valence-corrected chi connectivity index (χ1v) is 7.92. The third-order valence-electron chi connectivity index (χ3n) is 4.00. The summed E-state index contributed by atoms with van der Waals surface area (Å²) in [5.74, 6) is 0.115. The highest BCUT2D eigenvalue weighted by atomic mass is 16.3. The molecule has 1 heterocycles. The Kier molecular flexibility index (Phi) is 6.20. The molecule has 0 saturated carbocycles. The Labute approximate surface area is 128 Å². The van der Waals surface area contributed by atoms with Gasteiger partial charge in [0.05, 0.1) is 6.10 Å². The van der Waals surface area contributed by atoms with Gasteiger partial charge in [-0.2, -0.15) is 0 Å². The molecule has 3 unspecified atom stereocenters. The molecule has 0 aromatic heterocycles. The van der Waals surface area contributed by atoms with Crippen molar-refractivity contribution in [3.8, 4) is 0 Å². The Morgan fingerprint density at radius 3 is 2.43 bits per heavy atom. The van der Waals surface area contributed by atoms with Crippen LogP contribution in [0.4, 0.5) is 0 Å². The number of piperidine rings is 1. The Bertz CT molecular complexity index is 374. The molecule has 122 valence electrons. The highest BCUT2D eigenvalue weighted by Crippen LogP contribution is 2.22. The van der Waals surface area contributed by atoms with Crippen LogP contribution in [0.1, 0.15) is 53.9 Å². The number of nitrogens with zero attached hydrogens (tertiary/aromatic N) is 1. The van der Waals surface area contributed by atoms with Gasteiger partial charge in [-0.05, 0) is 19.8 Å². The molecule has 5 nitrogen and oxygen atoms in total. The maximum absolute atomic E-state index is 12.1. The molecule has 0 radical (unpaired) electrons. The molecule has 1 rings (SSSR count). The van der Waals surface area contributed by atoms with Crippen LogP contribution >= 0.6 is 0 Å². The molecule has 3 atom stereocenters. The van der Waals surface area contributed by atoms with Gasteiger partial charge in [0.1, 0.15) is 0 Å². The Morgan fingerprint density at radius 1 is 1.33 bits per heavy atom. The number of hydrogen-bond donors (Lipinski definition) is 2. The van der Waals surface area contributed by atoms with E-state index >= 15 is 0 Å². The van der Waals surface area contributed by atoms with Gasteiger partial charge in [0.2, 0.25) is 11.8 Å². The molecule has 2 amide bonds. The molecule has 21 heavy (non-hydrogen) atoms. The van der Waals surface area contributed by atoms with E-state index in [9.17, 15) is 14.7 Å². The fourth-order valence-corrected chi connectivity index (χ4v) is 2.57. The number of aliphatic hydroxyl groups excluding tert-OH is 1. The Hall–Kier alpha value is -1.10. The third-order valence-corrected chi connectivity index (χ3v) is 4.00. The third kappa shape index (κ3) is 5.30. The summed E-state index contributed by atoms with van der Waals surface area (Å²) < 4.78 is 0. The summed E-state index contributed by atoms with van der Waals surface area (Å²) in [6.07, 6.45) is 1.58. The summed E-state index contributed by atoms with van der Waals surface area (Å²) in [7, 11) is 0. The van der Waals surface area contributed by atoms with E-state index in [0.717, 1.165) is 12.8 Å². The molecule has 0 bridgehead atoms. The molecular weight excluding hydrogens is 268 g/mol. The largest absolute Gasteiger partial charge is 0.393 e. The van der Waals surface area contributed by atoms with Gasteiger partial charge < -0.3 is 15.3 Å².